The third-order valence-corrected chi connectivity index (χ3v) is 7.09. The first-order valence-electron chi connectivity index (χ1n) is 8.73. The summed E-state index contributed by atoms with van der Waals surface area (Å²) in [6.07, 6.45) is 4.34. The summed E-state index contributed by atoms with van der Waals surface area (Å²) in [4.78, 5) is 0.229. The zero-order valence-electron chi connectivity index (χ0n) is 14.7. The van der Waals surface area contributed by atoms with Crippen LogP contribution in [0.15, 0.2) is 39.9 Å². The van der Waals surface area contributed by atoms with Crippen molar-refractivity contribution in [2.45, 2.75) is 49.8 Å². The van der Waals surface area contributed by atoms with E-state index >= 15 is 0 Å². The Kier molecular flexibility index (Phi) is 5.51. The first-order chi connectivity index (χ1) is 12.0. The molecule has 4 nitrogen and oxygen atoms in total. The Bertz CT molecular complexity index is 807. The van der Waals surface area contributed by atoms with Gasteiger partial charge in [0.25, 0.3) is 0 Å². The number of ether oxygens (including phenoxy) is 1. The van der Waals surface area contributed by atoms with Gasteiger partial charge in [0.05, 0.1) is 6.61 Å². The molecule has 1 aromatic heterocycles. The number of sulfonamides is 1. The van der Waals surface area contributed by atoms with E-state index in [1.807, 2.05) is 19.9 Å². The van der Waals surface area contributed by atoms with Crippen molar-refractivity contribution in [3.05, 3.63) is 46.2 Å². The zero-order valence-corrected chi connectivity index (χ0v) is 16.4. The minimum absolute atomic E-state index is 0.0807. The van der Waals surface area contributed by atoms with Gasteiger partial charge >= 0.3 is 0 Å². The van der Waals surface area contributed by atoms with Crippen molar-refractivity contribution in [1.82, 2.24) is 4.72 Å². The van der Waals surface area contributed by atoms with Gasteiger partial charge in [0.1, 0.15) is 10.6 Å². The number of hydrogen-bond acceptors (Lipinski definition) is 4. The van der Waals surface area contributed by atoms with Crippen molar-refractivity contribution in [3.8, 4) is 5.75 Å². The van der Waals surface area contributed by atoms with Crippen LogP contribution >= 0.6 is 11.3 Å². The molecule has 1 aliphatic rings. The molecule has 1 fully saturated rings. The first-order valence-corrected chi connectivity index (χ1v) is 11.2. The van der Waals surface area contributed by atoms with E-state index in [1.54, 1.807) is 23.5 Å². The van der Waals surface area contributed by atoms with Gasteiger partial charge in [-0.1, -0.05) is 18.9 Å². The van der Waals surface area contributed by atoms with Crippen LogP contribution in [-0.2, 0) is 15.4 Å². The van der Waals surface area contributed by atoms with Crippen LogP contribution in [0, 0.1) is 6.92 Å². The molecule has 6 heteroatoms. The summed E-state index contributed by atoms with van der Waals surface area (Å²) >= 11 is 1.67. The summed E-state index contributed by atoms with van der Waals surface area (Å²) in [5.74, 6) is 0.414. The van der Waals surface area contributed by atoms with Crippen LogP contribution in [0.4, 0.5) is 0 Å². The summed E-state index contributed by atoms with van der Waals surface area (Å²) in [6.45, 7) is 4.61. The molecule has 3 rings (SSSR count). The van der Waals surface area contributed by atoms with Crippen molar-refractivity contribution in [1.29, 1.82) is 0 Å². The predicted molar refractivity (Wildman–Crippen MR) is 102 cm³/mol. The molecular formula is C19H25NO3S2. The topological polar surface area (TPSA) is 55.4 Å². The molecule has 1 N–H and O–H groups in total. The Morgan fingerprint density at radius 1 is 1.24 bits per heavy atom. The molecule has 1 aromatic carbocycles. The van der Waals surface area contributed by atoms with Crippen molar-refractivity contribution >= 4 is 21.4 Å². The van der Waals surface area contributed by atoms with Crippen LogP contribution in [-0.4, -0.2) is 21.6 Å². The second kappa shape index (κ2) is 7.48. The molecule has 0 aliphatic heterocycles. The SMILES string of the molecule is CCOc1ccc(C)cc1S(=O)(=O)NCC1(c2ccsc2)CCCC1. The van der Waals surface area contributed by atoms with E-state index in [1.165, 1.54) is 5.56 Å². The fourth-order valence-electron chi connectivity index (χ4n) is 3.60. The lowest BCUT2D eigenvalue weighted by atomic mass is 9.81. The minimum Gasteiger partial charge on any atom is -0.492 e. The van der Waals surface area contributed by atoms with Gasteiger partial charge in [-0.3, -0.25) is 0 Å². The van der Waals surface area contributed by atoms with Gasteiger partial charge in [-0.25, -0.2) is 13.1 Å². The number of benzene rings is 1. The summed E-state index contributed by atoms with van der Waals surface area (Å²) < 4.78 is 34.3. The molecule has 2 aromatic rings. The van der Waals surface area contributed by atoms with Crippen molar-refractivity contribution < 1.29 is 13.2 Å². The van der Waals surface area contributed by atoms with Gasteiger partial charge in [-0.2, -0.15) is 11.3 Å². The van der Waals surface area contributed by atoms with Gasteiger partial charge in [-0.15, -0.1) is 0 Å². The maximum atomic E-state index is 13.0. The number of hydrogen-bond donors (Lipinski definition) is 1. The van der Waals surface area contributed by atoms with E-state index in [2.05, 4.69) is 21.5 Å². The molecule has 0 atom stereocenters. The standard InChI is InChI=1S/C19H25NO3S2/c1-3-23-17-7-6-15(2)12-18(17)25(21,22)20-14-19(9-4-5-10-19)16-8-11-24-13-16/h6-8,11-13,20H,3-5,9-10,14H2,1-2H3. The molecule has 1 heterocycles. The van der Waals surface area contributed by atoms with Crippen LogP contribution in [0.3, 0.4) is 0 Å². The normalized spacial score (nSPS) is 16.9. The van der Waals surface area contributed by atoms with Gasteiger partial charge < -0.3 is 4.74 Å². The van der Waals surface area contributed by atoms with Crippen molar-refractivity contribution in [2.24, 2.45) is 0 Å². The third-order valence-electron chi connectivity index (χ3n) is 4.98. The van der Waals surface area contributed by atoms with E-state index in [4.69, 9.17) is 4.74 Å². The van der Waals surface area contributed by atoms with E-state index in [-0.39, 0.29) is 10.3 Å². The fraction of sp³-hybridized carbons (Fsp3) is 0.474. The van der Waals surface area contributed by atoms with E-state index in [0.29, 0.717) is 18.9 Å². The predicted octanol–water partition coefficient (Wildman–Crippen LogP) is 4.25. The monoisotopic (exact) mass is 379 g/mol. The molecule has 136 valence electrons. The second-order valence-electron chi connectivity index (χ2n) is 6.71. The Labute approximate surface area is 154 Å². The molecule has 0 unspecified atom stereocenters. The second-order valence-corrected chi connectivity index (χ2v) is 9.22. The van der Waals surface area contributed by atoms with Crippen LogP contribution in [0.1, 0.15) is 43.7 Å². The highest BCUT2D eigenvalue weighted by Gasteiger charge is 2.37. The highest BCUT2D eigenvalue weighted by molar-refractivity contribution is 7.89. The van der Waals surface area contributed by atoms with Crippen molar-refractivity contribution in [3.63, 3.8) is 0 Å². The highest BCUT2D eigenvalue weighted by atomic mass is 32.2. The first kappa shape index (κ1) is 18.4. The Morgan fingerprint density at radius 3 is 2.64 bits per heavy atom. The van der Waals surface area contributed by atoms with Gasteiger partial charge in [0.15, 0.2) is 0 Å². The minimum atomic E-state index is -3.62. The average molecular weight is 380 g/mol. The molecular weight excluding hydrogens is 354 g/mol. The van der Waals surface area contributed by atoms with Gasteiger partial charge in [-0.05, 0) is 66.8 Å². The number of rotatable bonds is 7. The lowest BCUT2D eigenvalue weighted by molar-refractivity contribution is 0.330. The van der Waals surface area contributed by atoms with E-state index in [0.717, 1.165) is 31.2 Å². The Hall–Kier alpha value is -1.37. The summed E-state index contributed by atoms with van der Waals surface area (Å²) in [5.41, 5.74) is 2.08. The molecule has 25 heavy (non-hydrogen) atoms. The van der Waals surface area contributed by atoms with Crippen LogP contribution in [0.5, 0.6) is 5.75 Å². The van der Waals surface area contributed by atoms with Crippen LogP contribution in [0.2, 0.25) is 0 Å². The smallest absolute Gasteiger partial charge is 0.244 e. The van der Waals surface area contributed by atoms with E-state index in [9.17, 15) is 8.42 Å². The molecule has 1 saturated carbocycles. The van der Waals surface area contributed by atoms with E-state index < -0.39 is 10.0 Å². The van der Waals surface area contributed by atoms with Gasteiger partial charge in [0.2, 0.25) is 10.0 Å². The molecule has 0 saturated heterocycles. The lowest BCUT2D eigenvalue weighted by Crippen LogP contribution is -2.38. The van der Waals surface area contributed by atoms with Crippen molar-refractivity contribution in [2.75, 3.05) is 13.2 Å². The Balaban J connectivity index is 1.86. The highest BCUT2D eigenvalue weighted by Crippen LogP contribution is 2.41. The maximum absolute atomic E-state index is 13.0. The number of aryl methyl sites for hydroxylation is 1. The quantitative estimate of drug-likeness (QED) is 0.783. The molecule has 0 radical (unpaired) electrons. The lowest BCUT2D eigenvalue weighted by Gasteiger charge is -2.29. The molecule has 1 aliphatic carbocycles. The summed E-state index contributed by atoms with van der Waals surface area (Å²) in [6, 6.07) is 7.41. The molecule has 0 spiro atoms. The fourth-order valence-corrected chi connectivity index (χ4v) is 5.73. The Morgan fingerprint density at radius 2 is 2.00 bits per heavy atom. The number of nitrogens with one attached hydrogen (secondary N) is 1. The molecule has 0 amide bonds. The number of thiophene rings is 1. The van der Waals surface area contributed by atoms with Crippen LogP contribution < -0.4 is 9.46 Å². The largest absolute Gasteiger partial charge is 0.492 e. The molecule has 0 bridgehead atoms. The van der Waals surface area contributed by atoms with Gasteiger partial charge in [0, 0.05) is 12.0 Å². The maximum Gasteiger partial charge on any atom is 0.244 e. The summed E-state index contributed by atoms with van der Waals surface area (Å²) in [5, 5.41) is 4.22. The average Bonchev–Trinajstić information content (AvgIpc) is 3.27. The third kappa shape index (κ3) is 3.91. The van der Waals surface area contributed by atoms with Crippen LogP contribution in [0.25, 0.3) is 0 Å². The zero-order chi connectivity index (χ0) is 17.9. The summed E-state index contributed by atoms with van der Waals surface area (Å²) in [7, 11) is -3.62.